The van der Waals surface area contributed by atoms with Crippen LogP contribution in [0.1, 0.15) is 18.9 Å². The quantitative estimate of drug-likeness (QED) is 0.743. The predicted octanol–water partition coefficient (Wildman–Crippen LogP) is 2.89. The fourth-order valence-electron chi connectivity index (χ4n) is 1.25. The number of pyridine rings is 1. The van der Waals surface area contributed by atoms with E-state index < -0.39 is 0 Å². The van der Waals surface area contributed by atoms with Gasteiger partial charge in [0.2, 0.25) is 0 Å². The molecule has 1 rings (SSSR count). The molecule has 0 atom stereocenters. The Morgan fingerprint density at radius 2 is 2.23 bits per heavy atom. The van der Waals surface area contributed by atoms with Crippen molar-refractivity contribution in [2.45, 2.75) is 20.3 Å². The van der Waals surface area contributed by atoms with Gasteiger partial charge in [-0.05, 0) is 25.0 Å². The highest BCUT2D eigenvalue weighted by Crippen LogP contribution is 2.22. The number of nitrogens with zero attached hydrogens (tertiary/aromatic N) is 2. The molecule has 0 fully saturated rings. The molecule has 0 radical (unpaired) electrons. The van der Waals surface area contributed by atoms with E-state index >= 15 is 0 Å². The molecule has 13 heavy (non-hydrogen) atoms. The second-order valence-corrected chi connectivity index (χ2v) is 3.65. The maximum absolute atomic E-state index is 6.06. The Labute approximate surface area is 84.5 Å². The lowest BCUT2D eigenvalue weighted by Crippen LogP contribution is -2.19. The zero-order valence-corrected chi connectivity index (χ0v) is 9.10. The molecule has 0 saturated carbocycles. The molecule has 0 spiro atoms. The second kappa shape index (κ2) is 4.47. The van der Waals surface area contributed by atoms with Crippen LogP contribution in [0.25, 0.3) is 0 Å². The fraction of sp³-hybridized carbons (Fsp3) is 0.500. The summed E-state index contributed by atoms with van der Waals surface area (Å²) in [6, 6.07) is 1.94. The molecule has 0 N–H and O–H groups in total. The molecular formula is C10H15ClN2. The second-order valence-electron chi connectivity index (χ2n) is 3.24. The zero-order valence-electron chi connectivity index (χ0n) is 8.34. The first-order valence-corrected chi connectivity index (χ1v) is 4.86. The van der Waals surface area contributed by atoms with Gasteiger partial charge < -0.3 is 4.90 Å². The van der Waals surface area contributed by atoms with E-state index in [9.17, 15) is 0 Å². The Morgan fingerprint density at radius 3 is 2.77 bits per heavy atom. The summed E-state index contributed by atoms with van der Waals surface area (Å²) >= 11 is 6.06. The summed E-state index contributed by atoms with van der Waals surface area (Å²) in [6.45, 7) is 5.11. The van der Waals surface area contributed by atoms with Gasteiger partial charge in [-0.2, -0.15) is 0 Å². The first-order valence-electron chi connectivity index (χ1n) is 4.48. The van der Waals surface area contributed by atoms with Crippen LogP contribution in [0.5, 0.6) is 0 Å². The minimum Gasteiger partial charge on any atom is -0.358 e. The van der Waals surface area contributed by atoms with Crippen LogP contribution in [0.4, 0.5) is 5.82 Å². The van der Waals surface area contributed by atoms with Crippen molar-refractivity contribution in [2.24, 2.45) is 0 Å². The molecule has 1 heterocycles. The standard InChI is InChI=1S/C10H15ClN2/c1-4-5-13(3)10-9(11)6-8(2)7-12-10/h6-7H,4-5H2,1-3H3. The van der Waals surface area contributed by atoms with Crippen LogP contribution >= 0.6 is 11.6 Å². The van der Waals surface area contributed by atoms with Crippen LogP contribution in [0.2, 0.25) is 5.02 Å². The molecule has 2 nitrogen and oxygen atoms in total. The summed E-state index contributed by atoms with van der Waals surface area (Å²) in [5.74, 6) is 0.870. The molecule has 0 saturated heterocycles. The Morgan fingerprint density at radius 1 is 1.54 bits per heavy atom. The van der Waals surface area contributed by atoms with Gasteiger partial charge in [-0.25, -0.2) is 4.98 Å². The number of aromatic nitrogens is 1. The highest BCUT2D eigenvalue weighted by Gasteiger charge is 2.05. The van der Waals surface area contributed by atoms with E-state index in [0.717, 1.165) is 29.4 Å². The number of rotatable bonds is 3. The van der Waals surface area contributed by atoms with Crippen molar-refractivity contribution in [3.8, 4) is 0 Å². The summed E-state index contributed by atoms with van der Waals surface area (Å²) < 4.78 is 0. The minimum atomic E-state index is 0.732. The largest absolute Gasteiger partial charge is 0.358 e. The van der Waals surface area contributed by atoms with Crippen LogP contribution in [0.3, 0.4) is 0 Å². The van der Waals surface area contributed by atoms with E-state index in [-0.39, 0.29) is 0 Å². The number of anilines is 1. The van der Waals surface area contributed by atoms with Crippen molar-refractivity contribution in [1.29, 1.82) is 0 Å². The van der Waals surface area contributed by atoms with Crippen LogP contribution < -0.4 is 4.90 Å². The van der Waals surface area contributed by atoms with E-state index in [1.165, 1.54) is 0 Å². The van der Waals surface area contributed by atoms with Gasteiger partial charge in [-0.1, -0.05) is 18.5 Å². The summed E-state index contributed by atoms with van der Waals surface area (Å²) in [5, 5.41) is 0.732. The highest BCUT2D eigenvalue weighted by atomic mass is 35.5. The first-order chi connectivity index (χ1) is 6.15. The van der Waals surface area contributed by atoms with Gasteiger partial charge in [0.05, 0.1) is 5.02 Å². The van der Waals surface area contributed by atoms with Crippen LogP contribution in [0.15, 0.2) is 12.3 Å². The Bertz CT molecular complexity index is 286. The van der Waals surface area contributed by atoms with Crippen molar-refractivity contribution < 1.29 is 0 Å². The molecule has 0 aliphatic rings. The summed E-state index contributed by atoms with van der Waals surface area (Å²) in [6.07, 6.45) is 2.94. The fourth-order valence-corrected chi connectivity index (χ4v) is 1.61. The number of halogens is 1. The summed E-state index contributed by atoms with van der Waals surface area (Å²) in [4.78, 5) is 6.36. The van der Waals surface area contributed by atoms with Crippen molar-refractivity contribution in [3.05, 3.63) is 22.8 Å². The van der Waals surface area contributed by atoms with Crippen molar-refractivity contribution >= 4 is 17.4 Å². The normalized spacial score (nSPS) is 10.2. The van der Waals surface area contributed by atoms with Gasteiger partial charge in [0, 0.05) is 19.8 Å². The Balaban J connectivity index is 2.88. The van der Waals surface area contributed by atoms with Gasteiger partial charge in [0.15, 0.2) is 0 Å². The van der Waals surface area contributed by atoms with E-state index in [4.69, 9.17) is 11.6 Å². The lowest BCUT2D eigenvalue weighted by Gasteiger charge is -2.18. The topological polar surface area (TPSA) is 16.1 Å². The first kappa shape index (κ1) is 10.3. The van der Waals surface area contributed by atoms with E-state index in [1.54, 1.807) is 0 Å². The van der Waals surface area contributed by atoms with Crippen LogP contribution in [0, 0.1) is 6.92 Å². The van der Waals surface area contributed by atoms with E-state index in [0.29, 0.717) is 0 Å². The summed E-state index contributed by atoms with van der Waals surface area (Å²) in [7, 11) is 2.01. The minimum absolute atomic E-state index is 0.732. The zero-order chi connectivity index (χ0) is 9.84. The third-order valence-corrected chi connectivity index (χ3v) is 2.16. The molecular weight excluding hydrogens is 184 g/mol. The van der Waals surface area contributed by atoms with Gasteiger partial charge in [0.25, 0.3) is 0 Å². The number of hydrogen-bond donors (Lipinski definition) is 0. The molecule has 1 aromatic rings. The maximum atomic E-state index is 6.06. The lowest BCUT2D eigenvalue weighted by atomic mass is 10.3. The molecule has 72 valence electrons. The Kier molecular flexibility index (Phi) is 3.55. The Hall–Kier alpha value is -0.760. The average Bonchev–Trinajstić information content (AvgIpc) is 2.04. The van der Waals surface area contributed by atoms with Crippen LogP contribution in [-0.4, -0.2) is 18.6 Å². The van der Waals surface area contributed by atoms with Crippen LogP contribution in [-0.2, 0) is 0 Å². The molecule has 0 amide bonds. The lowest BCUT2D eigenvalue weighted by molar-refractivity contribution is 0.837. The molecule has 0 bridgehead atoms. The van der Waals surface area contributed by atoms with E-state index in [1.807, 2.05) is 26.2 Å². The SMILES string of the molecule is CCCN(C)c1ncc(C)cc1Cl. The van der Waals surface area contributed by atoms with Crippen molar-refractivity contribution in [2.75, 3.05) is 18.5 Å². The molecule has 0 aliphatic heterocycles. The van der Waals surface area contributed by atoms with Gasteiger partial charge >= 0.3 is 0 Å². The van der Waals surface area contributed by atoms with E-state index in [2.05, 4.69) is 16.8 Å². The third kappa shape index (κ3) is 2.59. The third-order valence-electron chi connectivity index (χ3n) is 1.88. The maximum Gasteiger partial charge on any atom is 0.147 e. The molecule has 0 aromatic carbocycles. The molecule has 0 aliphatic carbocycles. The smallest absolute Gasteiger partial charge is 0.147 e. The van der Waals surface area contributed by atoms with Crippen molar-refractivity contribution in [1.82, 2.24) is 4.98 Å². The highest BCUT2D eigenvalue weighted by molar-refractivity contribution is 6.33. The summed E-state index contributed by atoms with van der Waals surface area (Å²) in [5.41, 5.74) is 1.10. The van der Waals surface area contributed by atoms with Gasteiger partial charge in [-0.15, -0.1) is 0 Å². The predicted molar refractivity (Wildman–Crippen MR) is 57.5 cm³/mol. The molecule has 1 aromatic heterocycles. The molecule has 0 unspecified atom stereocenters. The van der Waals surface area contributed by atoms with Gasteiger partial charge in [-0.3, -0.25) is 0 Å². The molecule has 3 heteroatoms. The van der Waals surface area contributed by atoms with Gasteiger partial charge in [0.1, 0.15) is 5.82 Å². The number of hydrogen-bond acceptors (Lipinski definition) is 2. The van der Waals surface area contributed by atoms with Crippen molar-refractivity contribution in [3.63, 3.8) is 0 Å². The monoisotopic (exact) mass is 198 g/mol. The average molecular weight is 199 g/mol. The number of aryl methyl sites for hydroxylation is 1.